The van der Waals surface area contributed by atoms with Crippen LogP contribution in [0.15, 0.2) is 16.8 Å². The number of hydrogen-bond donors (Lipinski definition) is 0. The van der Waals surface area contributed by atoms with E-state index in [0.717, 1.165) is 6.42 Å². The summed E-state index contributed by atoms with van der Waals surface area (Å²) in [6.45, 7) is 1.69. The fourth-order valence-electron chi connectivity index (χ4n) is 1.50. The highest BCUT2D eigenvalue weighted by atomic mass is 32.1. The Hall–Kier alpha value is -0.630. The lowest BCUT2D eigenvalue weighted by atomic mass is 10.1. The predicted molar refractivity (Wildman–Crippen MR) is 45.8 cm³/mol. The molecule has 1 nitrogen and oxygen atoms in total. The summed E-state index contributed by atoms with van der Waals surface area (Å²) in [6, 6.07) is 2.12. The van der Waals surface area contributed by atoms with Gasteiger partial charge in [0.1, 0.15) is 5.78 Å². The molecule has 0 aliphatic heterocycles. The van der Waals surface area contributed by atoms with Crippen LogP contribution in [0, 0.1) is 5.92 Å². The van der Waals surface area contributed by atoms with Crippen LogP contribution in [0.4, 0.5) is 0 Å². The zero-order chi connectivity index (χ0) is 7.84. The van der Waals surface area contributed by atoms with E-state index in [-0.39, 0.29) is 0 Å². The molecule has 0 saturated heterocycles. The Labute approximate surface area is 70.1 Å². The number of ketones is 1. The molecule has 11 heavy (non-hydrogen) atoms. The summed E-state index contributed by atoms with van der Waals surface area (Å²) in [5.41, 5.74) is 1.36. The molecule has 1 fully saturated rings. The molecule has 1 saturated carbocycles. The number of carbonyl (C=O) groups excluding carboxylic acids is 1. The van der Waals surface area contributed by atoms with E-state index in [0.29, 0.717) is 17.6 Å². The Kier molecular flexibility index (Phi) is 1.57. The van der Waals surface area contributed by atoms with Gasteiger partial charge >= 0.3 is 0 Å². The van der Waals surface area contributed by atoms with E-state index in [1.807, 2.05) is 0 Å². The number of Topliss-reactive ketones (excluding diaryl/α,β-unsaturated/α-hetero) is 1. The Bertz CT molecular complexity index is 263. The molecule has 0 spiro atoms. The van der Waals surface area contributed by atoms with E-state index in [1.165, 1.54) is 5.56 Å². The maximum Gasteiger partial charge on any atom is 0.133 e. The van der Waals surface area contributed by atoms with E-state index >= 15 is 0 Å². The average molecular weight is 166 g/mol. The zero-order valence-electron chi connectivity index (χ0n) is 6.41. The lowest BCUT2D eigenvalue weighted by molar-refractivity contribution is -0.118. The molecule has 2 rings (SSSR count). The molecule has 1 aliphatic rings. The molecule has 2 atom stereocenters. The van der Waals surface area contributed by atoms with Crippen LogP contribution in [0.25, 0.3) is 0 Å². The van der Waals surface area contributed by atoms with Gasteiger partial charge in [-0.05, 0) is 41.7 Å². The number of hydrogen-bond acceptors (Lipinski definition) is 2. The average Bonchev–Trinajstić information content (AvgIpc) is 2.60. The Morgan fingerprint density at radius 2 is 2.55 bits per heavy atom. The Balaban J connectivity index is 2.08. The predicted octanol–water partition coefficient (Wildman–Crippen LogP) is 2.44. The molecule has 0 bridgehead atoms. The highest BCUT2D eigenvalue weighted by molar-refractivity contribution is 7.08. The SMILES string of the molecule is CC(=O)[C@H]1C[C@H]1c1ccsc1. The van der Waals surface area contributed by atoms with E-state index in [1.54, 1.807) is 18.3 Å². The van der Waals surface area contributed by atoms with Crippen molar-refractivity contribution in [2.45, 2.75) is 19.3 Å². The molecular weight excluding hydrogens is 156 g/mol. The molecule has 0 unspecified atom stereocenters. The molecule has 1 heterocycles. The van der Waals surface area contributed by atoms with Gasteiger partial charge in [-0.1, -0.05) is 0 Å². The van der Waals surface area contributed by atoms with E-state index in [2.05, 4.69) is 16.8 Å². The second-order valence-corrected chi connectivity index (χ2v) is 3.90. The smallest absolute Gasteiger partial charge is 0.133 e. The first kappa shape index (κ1) is 7.04. The van der Waals surface area contributed by atoms with Crippen molar-refractivity contribution in [2.24, 2.45) is 5.92 Å². The van der Waals surface area contributed by atoms with Crippen LogP contribution in [0.5, 0.6) is 0 Å². The lowest BCUT2D eigenvalue weighted by Gasteiger charge is -1.90. The fourth-order valence-corrected chi connectivity index (χ4v) is 2.22. The highest BCUT2D eigenvalue weighted by Crippen LogP contribution is 2.48. The summed E-state index contributed by atoms with van der Waals surface area (Å²) in [5.74, 6) is 1.24. The third-order valence-electron chi connectivity index (χ3n) is 2.28. The molecule has 0 N–H and O–H groups in total. The second-order valence-electron chi connectivity index (χ2n) is 3.12. The van der Waals surface area contributed by atoms with Gasteiger partial charge < -0.3 is 0 Å². The summed E-state index contributed by atoms with van der Waals surface area (Å²) >= 11 is 1.71. The first-order valence-electron chi connectivity index (χ1n) is 3.81. The number of thiophene rings is 1. The third-order valence-corrected chi connectivity index (χ3v) is 2.99. The van der Waals surface area contributed by atoms with Gasteiger partial charge in [-0.3, -0.25) is 4.79 Å². The third kappa shape index (κ3) is 1.23. The number of rotatable bonds is 2. The molecule has 1 aromatic rings. The lowest BCUT2D eigenvalue weighted by Crippen LogP contribution is -1.93. The van der Waals surface area contributed by atoms with Crippen molar-refractivity contribution in [2.75, 3.05) is 0 Å². The van der Waals surface area contributed by atoms with Crippen LogP contribution in [-0.4, -0.2) is 5.78 Å². The summed E-state index contributed by atoms with van der Waals surface area (Å²) < 4.78 is 0. The summed E-state index contributed by atoms with van der Waals surface area (Å²) in [7, 11) is 0. The van der Waals surface area contributed by atoms with Crippen molar-refractivity contribution >= 4 is 17.1 Å². The van der Waals surface area contributed by atoms with Crippen LogP contribution >= 0.6 is 11.3 Å². The van der Waals surface area contributed by atoms with Gasteiger partial charge in [0.2, 0.25) is 0 Å². The summed E-state index contributed by atoms with van der Waals surface area (Å²) in [4.78, 5) is 10.9. The first-order chi connectivity index (χ1) is 5.29. The second kappa shape index (κ2) is 2.45. The van der Waals surface area contributed by atoms with Crippen molar-refractivity contribution in [3.63, 3.8) is 0 Å². The van der Waals surface area contributed by atoms with Crippen LogP contribution in [-0.2, 0) is 4.79 Å². The van der Waals surface area contributed by atoms with Crippen molar-refractivity contribution in [3.05, 3.63) is 22.4 Å². The molecule has 1 aliphatic carbocycles. The van der Waals surface area contributed by atoms with Gasteiger partial charge in [0.15, 0.2) is 0 Å². The van der Waals surface area contributed by atoms with E-state index < -0.39 is 0 Å². The van der Waals surface area contributed by atoms with Gasteiger partial charge in [-0.2, -0.15) is 11.3 Å². The van der Waals surface area contributed by atoms with Crippen molar-refractivity contribution in [3.8, 4) is 0 Å². The van der Waals surface area contributed by atoms with Crippen LogP contribution in [0.3, 0.4) is 0 Å². The van der Waals surface area contributed by atoms with Gasteiger partial charge in [0.05, 0.1) is 0 Å². The molecule has 58 valence electrons. The van der Waals surface area contributed by atoms with Crippen molar-refractivity contribution < 1.29 is 4.79 Å². The number of carbonyl (C=O) groups is 1. The van der Waals surface area contributed by atoms with Gasteiger partial charge in [0, 0.05) is 5.92 Å². The van der Waals surface area contributed by atoms with E-state index in [9.17, 15) is 4.79 Å². The van der Waals surface area contributed by atoms with Gasteiger partial charge in [0.25, 0.3) is 0 Å². The minimum Gasteiger partial charge on any atom is -0.300 e. The van der Waals surface area contributed by atoms with Crippen molar-refractivity contribution in [1.82, 2.24) is 0 Å². The molecule has 0 aromatic carbocycles. The quantitative estimate of drug-likeness (QED) is 0.659. The fraction of sp³-hybridized carbons (Fsp3) is 0.444. The Morgan fingerprint density at radius 3 is 3.00 bits per heavy atom. The standard InChI is InChI=1S/C9H10OS/c1-6(10)8-4-9(8)7-2-3-11-5-7/h2-3,5,8-9H,4H2,1H3/t8-,9+/m1/s1. The summed E-state index contributed by atoms with van der Waals surface area (Å²) in [5, 5.41) is 4.22. The maximum absolute atomic E-state index is 10.9. The summed E-state index contributed by atoms with van der Waals surface area (Å²) in [6.07, 6.45) is 1.08. The Morgan fingerprint density at radius 1 is 1.73 bits per heavy atom. The monoisotopic (exact) mass is 166 g/mol. The largest absolute Gasteiger partial charge is 0.300 e. The molecular formula is C9H10OS. The normalized spacial score (nSPS) is 28.5. The first-order valence-corrected chi connectivity index (χ1v) is 4.76. The maximum atomic E-state index is 10.9. The van der Waals surface area contributed by atoms with Crippen LogP contribution in [0.1, 0.15) is 24.8 Å². The van der Waals surface area contributed by atoms with Crippen LogP contribution in [0.2, 0.25) is 0 Å². The van der Waals surface area contributed by atoms with Crippen molar-refractivity contribution in [1.29, 1.82) is 0 Å². The van der Waals surface area contributed by atoms with Crippen LogP contribution < -0.4 is 0 Å². The molecule has 0 radical (unpaired) electrons. The minimum atomic E-state index is 0.338. The molecule has 0 amide bonds. The minimum absolute atomic E-state index is 0.338. The highest BCUT2D eigenvalue weighted by Gasteiger charge is 2.41. The van der Waals surface area contributed by atoms with Gasteiger partial charge in [-0.15, -0.1) is 0 Å². The molecule has 2 heteroatoms. The topological polar surface area (TPSA) is 17.1 Å². The zero-order valence-corrected chi connectivity index (χ0v) is 7.23. The molecule has 1 aromatic heterocycles. The van der Waals surface area contributed by atoms with Gasteiger partial charge in [-0.25, -0.2) is 0 Å². The van der Waals surface area contributed by atoms with E-state index in [4.69, 9.17) is 0 Å².